The Morgan fingerprint density at radius 1 is 1.11 bits per heavy atom. The Bertz CT molecular complexity index is 447. The molecule has 0 aliphatic heterocycles. The first-order chi connectivity index (χ1) is 8.59. The highest BCUT2D eigenvalue weighted by atomic mass is 35.5. The molecule has 1 aliphatic carbocycles. The van der Waals surface area contributed by atoms with Gasteiger partial charge in [-0.15, -0.1) is 0 Å². The van der Waals surface area contributed by atoms with Crippen LogP contribution in [0.15, 0.2) is 18.2 Å². The molecule has 0 amide bonds. The summed E-state index contributed by atoms with van der Waals surface area (Å²) in [4.78, 5) is 12.4. The van der Waals surface area contributed by atoms with E-state index in [0.717, 1.165) is 25.7 Å². The van der Waals surface area contributed by atoms with Crippen molar-refractivity contribution in [3.63, 3.8) is 0 Å². The van der Waals surface area contributed by atoms with Gasteiger partial charge in [-0.05, 0) is 31.0 Å². The molecule has 2 N–H and O–H groups in total. The van der Waals surface area contributed by atoms with E-state index in [1.807, 2.05) is 0 Å². The number of hydrogen-bond acceptors (Lipinski definition) is 2. The molecule has 0 aromatic heterocycles. The maximum Gasteiger partial charge on any atom is 0.167 e. The second-order valence-corrected chi connectivity index (χ2v) is 5.72. The van der Waals surface area contributed by atoms with Gasteiger partial charge < -0.3 is 5.73 Å². The van der Waals surface area contributed by atoms with Crippen molar-refractivity contribution in [2.75, 3.05) is 0 Å². The fourth-order valence-electron chi connectivity index (χ4n) is 2.53. The zero-order valence-corrected chi connectivity index (χ0v) is 11.7. The molecule has 1 aromatic rings. The quantitative estimate of drug-likeness (QED) is 0.657. The number of carbonyl (C=O) groups excluding carboxylic acids is 1. The topological polar surface area (TPSA) is 43.1 Å². The molecule has 2 unspecified atom stereocenters. The number of carbonyl (C=O) groups is 1. The summed E-state index contributed by atoms with van der Waals surface area (Å²) in [6, 6.07) is 5.01. The summed E-state index contributed by atoms with van der Waals surface area (Å²) < 4.78 is 0. The van der Waals surface area contributed by atoms with Crippen LogP contribution >= 0.6 is 23.2 Å². The third-order valence-electron chi connectivity index (χ3n) is 3.61. The molecular formula is C14H17Cl2NO. The Labute approximate surface area is 117 Å². The third kappa shape index (κ3) is 3.05. The summed E-state index contributed by atoms with van der Waals surface area (Å²) in [6.45, 7) is 0. The Morgan fingerprint density at radius 2 is 1.83 bits per heavy atom. The molecule has 1 aromatic carbocycles. The molecule has 1 fully saturated rings. The number of benzene rings is 1. The van der Waals surface area contributed by atoms with Crippen molar-refractivity contribution in [2.24, 2.45) is 11.7 Å². The minimum atomic E-state index is -0.0789. The molecule has 98 valence electrons. The van der Waals surface area contributed by atoms with E-state index in [0.29, 0.717) is 15.6 Å². The van der Waals surface area contributed by atoms with Crippen LogP contribution in [0.2, 0.25) is 10.0 Å². The van der Waals surface area contributed by atoms with Gasteiger partial charge in [-0.1, -0.05) is 42.5 Å². The zero-order valence-electron chi connectivity index (χ0n) is 10.2. The lowest BCUT2D eigenvalue weighted by Crippen LogP contribution is -2.34. The molecule has 1 aliphatic rings. The summed E-state index contributed by atoms with van der Waals surface area (Å²) in [5, 5.41) is 0.892. The van der Waals surface area contributed by atoms with Crippen LogP contribution in [0.3, 0.4) is 0 Å². The van der Waals surface area contributed by atoms with Crippen LogP contribution < -0.4 is 5.73 Å². The molecule has 2 rings (SSSR count). The number of ketones is 1. The molecule has 2 nitrogen and oxygen atoms in total. The smallest absolute Gasteiger partial charge is 0.167 e. The SMILES string of the molecule is NC1CCCCCC1C(=O)c1ccc(Cl)c(Cl)c1. The van der Waals surface area contributed by atoms with Gasteiger partial charge in [-0.2, -0.15) is 0 Å². The lowest BCUT2D eigenvalue weighted by molar-refractivity contribution is 0.0895. The van der Waals surface area contributed by atoms with Crippen molar-refractivity contribution in [2.45, 2.75) is 38.1 Å². The molecule has 1 saturated carbocycles. The fourth-order valence-corrected chi connectivity index (χ4v) is 2.82. The van der Waals surface area contributed by atoms with E-state index in [-0.39, 0.29) is 17.7 Å². The first kappa shape index (κ1) is 13.9. The lowest BCUT2D eigenvalue weighted by atomic mass is 9.88. The number of nitrogens with two attached hydrogens (primary N) is 1. The maximum absolute atomic E-state index is 12.4. The minimum absolute atomic E-state index is 0.0329. The van der Waals surface area contributed by atoms with E-state index in [2.05, 4.69) is 0 Å². The second-order valence-electron chi connectivity index (χ2n) is 4.90. The van der Waals surface area contributed by atoms with Gasteiger partial charge in [0.2, 0.25) is 0 Å². The monoisotopic (exact) mass is 285 g/mol. The molecule has 0 saturated heterocycles. The summed E-state index contributed by atoms with van der Waals surface area (Å²) >= 11 is 11.8. The molecule has 4 heteroatoms. The lowest BCUT2D eigenvalue weighted by Gasteiger charge is -2.20. The normalized spacial score (nSPS) is 24.6. The van der Waals surface area contributed by atoms with Crippen LogP contribution in [0, 0.1) is 5.92 Å². The van der Waals surface area contributed by atoms with E-state index in [1.54, 1.807) is 18.2 Å². The summed E-state index contributed by atoms with van der Waals surface area (Å²) in [5.41, 5.74) is 6.72. The fraction of sp³-hybridized carbons (Fsp3) is 0.500. The Morgan fingerprint density at radius 3 is 2.56 bits per heavy atom. The van der Waals surface area contributed by atoms with Crippen molar-refractivity contribution < 1.29 is 4.79 Å². The second kappa shape index (κ2) is 6.05. The Hall–Kier alpha value is -0.570. The molecule has 18 heavy (non-hydrogen) atoms. The number of halogens is 2. The van der Waals surface area contributed by atoms with E-state index >= 15 is 0 Å². The number of hydrogen-bond donors (Lipinski definition) is 1. The molecule has 0 heterocycles. The third-order valence-corrected chi connectivity index (χ3v) is 4.35. The van der Waals surface area contributed by atoms with E-state index in [9.17, 15) is 4.79 Å². The van der Waals surface area contributed by atoms with Gasteiger partial charge >= 0.3 is 0 Å². The summed E-state index contributed by atoms with van der Waals surface area (Å²) in [5.74, 6) is 0.0210. The molecule has 2 atom stereocenters. The predicted octanol–water partition coefficient (Wildman–Crippen LogP) is 4.08. The summed E-state index contributed by atoms with van der Waals surface area (Å²) in [6.07, 6.45) is 5.16. The van der Waals surface area contributed by atoms with Gasteiger partial charge in [-0.3, -0.25) is 4.79 Å². The first-order valence-corrected chi connectivity index (χ1v) is 7.10. The van der Waals surface area contributed by atoms with Crippen LogP contribution in [-0.4, -0.2) is 11.8 Å². The summed E-state index contributed by atoms with van der Waals surface area (Å²) in [7, 11) is 0. The van der Waals surface area contributed by atoms with Crippen LogP contribution in [-0.2, 0) is 0 Å². The largest absolute Gasteiger partial charge is 0.327 e. The van der Waals surface area contributed by atoms with Gasteiger partial charge in [0.25, 0.3) is 0 Å². The van der Waals surface area contributed by atoms with Gasteiger partial charge in [-0.25, -0.2) is 0 Å². The van der Waals surface area contributed by atoms with E-state index in [4.69, 9.17) is 28.9 Å². The van der Waals surface area contributed by atoms with Gasteiger partial charge in [0.1, 0.15) is 0 Å². The minimum Gasteiger partial charge on any atom is -0.327 e. The van der Waals surface area contributed by atoms with Crippen molar-refractivity contribution in [1.82, 2.24) is 0 Å². The average Bonchev–Trinajstić information content (AvgIpc) is 2.56. The molecule has 0 bridgehead atoms. The Balaban J connectivity index is 2.21. The first-order valence-electron chi connectivity index (χ1n) is 6.34. The maximum atomic E-state index is 12.4. The number of Topliss-reactive ketones (excluding diaryl/α,β-unsaturated/α-hetero) is 1. The van der Waals surface area contributed by atoms with Crippen molar-refractivity contribution in [3.05, 3.63) is 33.8 Å². The van der Waals surface area contributed by atoms with Crippen molar-refractivity contribution in [3.8, 4) is 0 Å². The van der Waals surface area contributed by atoms with E-state index in [1.165, 1.54) is 6.42 Å². The standard InChI is InChI=1S/C14H17Cl2NO/c15-11-7-6-9(8-12(11)16)14(18)10-4-2-1-3-5-13(10)17/h6-8,10,13H,1-5,17H2. The van der Waals surface area contributed by atoms with Gasteiger partial charge in [0.05, 0.1) is 10.0 Å². The van der Waals surface area contributed by atoms with Crippen LogP contribution in [0.4, 0.5) is 0 Å². The van der Waals surface area contributed by atoms with Crippen LogP contribution in [0.1, 0.15) is 42.5 Å². The van der Waals surface area contributed by atoms with Crippen LogP contribution in [0.5, 0.6) is 0 Å². The van der Waals surface area contributed by atoms with E-state index < -0.39 is 0 Å². The van der Waals surface area contributed by atoms with Crippen LogP contribution in [0.25, 0.3) is 0 Å². The van der Waals surface area contributed by atoms with Gasteiger partial charge in [0, 0.05) is 17.5 Å². The highest BCUT2D eigenvalue weighted by Crippen LogP contribution is 2.28. The predicted molar refractivity (Wildman–Crippen MR) is 75.3 cm³/mol. The van der Waals surface area contributed by atoms with Gasteiger partial charge in [0.15, 0.2) is 5.78 Å². The molecular weight excluding hydrogens is 269 g/mol. The highest BCUT2D eigenvalue weighted by Gasteiger charge is 2.27. The Kier molecular flexibility index (Phi) is 4.66. The zero-order chi connectivity index (χ0) is 13.1. The van der Waals surface area contributed by atoms with Crippen molar-refractivity contribution >= 4 is 29.0 Å². The molecule has 0 spiro atoms. The highest BCUT2D eigenvalue weighted by molar-refractivity contribution is 6.42. The average molecular weight is 286 g/mol. The number of rotatable bonds is 2. The molecule has 0 radical (unpaired) electrons. The van der Waals surface area contributed by atoms with Crippen molar-refractivity contribution in [1.29, 1.82) is 0 Å².